The maximum absolute atomic E-state index is 14.2. The number of rotatable bonds is 1. The van der Waals surface area contributed by atoms with Gasteiger partial charge in [-0.3, -0.25) is 9.78 Å². The van der Waals surface area contributed by atoms with Crippen LogP contribution in [0.4, 0.5) is 10.1 Å². The van der Waals surface area contributed by atoms with Gasteiger partial charge in [-0.05, 0) is 19.1 Å². The molecule has 3 heterocycles. The van der Waals surface area contributed by atoms with Crippen molar-refractivity contribution < 1.29 is 13.9 Å². The van der Waals surface area contributed by atoms with E-state index in [-0.39, 0.29) is 11.5 Å². The molecule has 1 atom stereocenters. The predicted molar refractivity (Wildman–Crippen MR) is 70.5 cm³/mol. The summed E-state index contributed by atoms with van der Waals surface area (Å²) in [5.74, 6) is -1.01. The lowest BCUT2D eigenvalue weighted by atomic mass is 10.0. The Morgan fingerprint density at radius 2 is 2.25 bits per heavy atom. The molecular weight excluding hydrogens is 261 g/mol. The Morgan fingerprint density at radius 1 is 1.45 bits per heavy atom. The quantitative estimate of drug-likeness (QED) is 0.809. The van der Waals surface area contributed by atoms with Crippen LogP contribution in [0.25, 0.3) is 11.1 Å². The van der Waals surface area contributed by atoms with Crippen LogP contribution in [0.3, 0.4) is 0 Å². The predicted octanol–water partition coefficient (Wildman–Crippen LogP) is 2.23. The highest BCUT2D eigenvalue weighted by molar-refractivity contribution is 6.02. The van der Waals surface area contributed by atoms with Crippen LogP contribution in [-0.2, 0) is 9.53 Å². The minimum atomic E-state index is -0.877. The van der Waals surface area contributed by atoms with E-state index in [1.165, 1.54) is 7.11 Å². The van der Waals surface area contributed by atoms with Crippen LogP contribution in [0, 0.1) is 12.9 Å². The zero-order chi connectivity index (χ0) is 14.3. The van der Waals surface area contributed by atoms with Gasteiger partial charge in [0.05, 0.1) is 16.9 Å². The topological polar surface area (TPSA) is 64.1 Å². The van der Waals surface area contributed by atoms with Gasteiger partial charge in [0.2, 0.25) is 5.95 Å². The zero-order valence-corrected chi connectivity index (χ0v) is 11.0. The molecule has 0 fully saturated rings. The number of hydrogen-bond donors (Lipinski definition) is 1. The molecule has 5 nitrogen and oxygen atoms in total. The molecule has 0 saturated carbocycles. The molecule has 0 saturated heterocycles. The molecule has 102 valence electrons. The number of halogens is 1. The Labute approximate surface area is 114 Å². The largest absolute Gasteiger partial charge is 0.365 e. The molecule has 6 heteroatoms. The van der Waals surface area contributed by atoms with E-state index in [0.29, 0.717) is 22.6 Å². The van der Waals surface area contributed by atoms with Gasteiger partial charge >= 0.3 is 0 Å². The van der Waals surface area contributed by atoms with Gasteiger partial charge in [0.25, 0.3) is 5.91 Å². The number of amides is 1. The molecule has 0 aliphatic carbocycles. The third-order valence-electron chi connectivity index (χ3n) is 3.19. The molecule has 0 radical (unpaired) electrons. The smallest absolute Gasteiger partial charge is 0.259 e. The van der Waals surface area contributed by atoms with E-state index in [1.807, 2.05) is 0 Å². The second kappa shape index (κ2) is 4.64. The number of carbonyl (C=O) groups is 1. The summed E-state index contributed by atoms with van der Waals surface area (Å²) in [7, 11) is 1.42. The first-order valence-electron chi connectivity index (χ1n) is 6.08. The van der Waals surface area contributed by atoms with E-state index >= 15 is 0 Å². The van der Waals surface area contributed by atoms with Crippen LogP contribution in [-0.4, -0.2) is 23.0 Å². The fourth-order valence-corrected chi connectivity index (χ4v) is 2.37. The van der Waals surface area contributed by atoms with Crippen molar-refractivity contribution in [2.75, 3.05) is 12.4 Å². The first-order valence-corrected chi connectivity index (χ1v) is 6.08. The van der Waals surface area contributed by atoms with Crippen LogP contribution < -0.4 is 5.32 Å². The standard InChI is InChI=1S/C14H12FN3O2/c1-7-6-9-10(13(15)17-7)8-4-3-5-16-11(8)12(20-2)14(19)18-9/h3-6,12H,1-2H3,(H,18,19). The van der Waals surface area contributed by atoms with Crippen LogP contribution in [0.5, 0.6) is 0 Å². The van der Waals surface area contributed by atoms with E-state index in [1.54, 1.807) is 31.3 Å². The summed E-state index contributed by atoms with van der Waals surface area (Å²) in [6, 6.07) is 5.02. The van der Waals surface area contributed by atoms with Crippen LogP contribution in [0.2, 0.25) is 0 Å². The molecule has 1 N–H and O–H groups in total. The first-order chi connectivity index (χ1) is 9.61. The molecule has 0 aromatic carbocycles. The van der Waals surface area contributed by atoms with Gasteiger partial charge in [0.1, 0.15) is 0 Å². The number of ether oxygens (including phenoxy) is 1. The molecule has 2 aromatic rings. The monoisotopic (exact) mass is 273 g/mol. The molecule has 1 amide bonds. The van der Waals surface area contributed by atoms with Crippen LogP contribution in [0.15, 0.2) is 24.4 Å². The van der Waals surface area contributed by atoms with Crippen LogP contribution >= 0.6 is 0 Å². The Morgan fingerprint density at radius 3 is 3.00 bits per heavy atom. The third-order valence-corrected chi connectivity index (χ3v) is 3.19. The summed E-state index contributed by atoms with van der Waals surface area (Å²) in [5, 5.41) is 2.67. The lowest BCUT2D eigenvalue weighted by Gasteiger charge is -2.12. The fourth-order valence-electron chi connectivity index (χ4n) is 2.37. The van der Waals surface area contributed by atoms with Crippen molar-refractivity contribution in [2.45, 2.75) is 13.0 Å². The number of aryl methyl sites for hydroxylation is 1. The molecular formula is C14H12FN3O2. The minimum absolute atomic E-state index is 0.242. The number of fused-ring (bicyclic) bond motifs is 3. The number of nitrogens with zero attached hydrogens (tertiary/aromatic N) is 2. The van der Waals surface area contributed by atoms with Crippen LogP contribution in [0.1, 0.15) is 17.5 Å². The Bertz CT molecular complexity index is 703. The number of hydrogen-bond acceptors (Lipinski definition) is 4. The SMILES string of the molecule is COC1C(=O)Nc2cc(C)nc(F)c2-c2cccnc21. The maximum atomic E-state index is 14.2. The summed E-state index contributed by atoms with van der Waals surface area (Å²) >= 11 is 0. The fraction of sp³-hybridized carbons (Fsp3) is 0.214. The summed E-state index contributed by atoms with van der Waals surface area (Å²) in [4.78, 5) is 20.2. The van der Waals surface area contributed by atoms with Crippen molar-refractivity contribution in [2.24, 2.45) is 0 Å². The van der Waals surface area contributed by atoms with Gasteiger partial charge in [-0.2, -0.15) is 4.39 Å². The average molecular weight is 273 g/mol. The maximum Gasteiger partial charge on any atom is 0.259 e. The number of pyridine rings is 2. The van der Waals surface area contributed by atoms with Crippen molar-refractivity contribution in [3.05, 3.63) is 41.7 Å². The molecule has 2 aromatic heterocycles. The molecule has 3 rings (SSSR count). The highest BCUT2D eigenvalue weighted by Crippen LogP contribution is 2.38. The van der Waals surface area contributed by atoms with Gasteiger partial charge in [0.15, 0.2) is 6.10 Å². The normalized spacial score (nSPS) is 16.9. The highest BCUT2D eigenvalue weighted by atomic mass is 19.1. The minimum Gasteiger partial charge on any atom is -0.365 e. The number of carbonyl (C=O) groups excluding carboxylic acids is 1. The lowest BCUT2D eigenvalue weighted by Crippen LogP contribution is -2.22. The Hall–Kier alpha value is -2.34. The highest BCUT2D eigenvalue weighted by Gasteiger charge is 2.31. The Balaban J connectivity index is 2.35. The molecule has 20 heavy (non-hydrogen) atoms. The van der Waals surface area contributed by atoms with E-state index in [0.717, 1.165) is 0 Å². The summed E-state index contributed by atoms with van der Waals surface area (Å²) < 4.78 is 19.4. The number of nitrogens with one attached hydrogen (secondary N) is 1. The number of anilines is 1. The second-order valence-corrected chi connectivity index (χ2v) is 4.52. The molecule has 0 spiro atoms. The van der Waals surface area contributed by atoms with Gasteiger partial charge in [-0.1, -0.05) is 6.07 Å². The summed E-state index contributed by atoms with van der Waals surface area (Å²) in [5.41, 5.74) is 2.01. The Kier molecular flexibility index (Phi) is 2.94. The molecule has 0 bridgehead atoms. The average Bonchev–Trinajstić information content (AvgIpc) is 2.51. The lowest BCUT2D eigenvalue weighted by molar-refractivity contribution is -0.126. The summed E-state index contributed by atoms with van der Waals surface area (Å²) in [6.07, 6.45) is 0.668. The zero-order valence-electron chi connectivity index (χ0n) is 11.0. The van der Waals surface area contributed by atoms with Gasteiger partial charge < -0.3 is 10.1 Å². The number of aromatic nitrogens is 2. The van der Waals surface area contributed by atoms with Crippen molar-refractivity contribution in [3.8, 4) is 11.1 Å². The van der Waals surface area contributed by atoms with Gasteiger partial charge in [0, 0.05) is 24.6 Å². The van der Waals surface area contributed by atoms with Gasteiger partial charge in [-0.25, -0.2) is 4.98 Å². The van der Waals surface area contributed by atoms with E-state index in [2.05, 4.69) is 15.3 Å². The van der Waals surface area contributed by atoms with Crippen molar-refractivity contribution in [1.29, 1.82) is 0 Å². The van der Waals surface area contributed by atoms with E-state index < -0.39 is 12.1 Å². The number of methoxy groups -OCH3 is 1. The van der Waals surface area contributed by atoms with Crippen molar-refractivity contribution in [3.63, 3.8) is 0 Å². The van der Waals surface area contributed by atoms with E-state index in [9.17, 15) is 9.18 Å². The van der Waals surface area contributed by atoms with Crippen molar-refractivity contribution >= 4 is 11.6 Å². The summed E-state index contributed by atoms with van der Waals surface area (Å²) in [6.45, 7) is 1.67. The van der Waals surface area contributed by atoms with E-state index in [4.69, 9.17) is 4.74 Å². The molecule has 1 aliphatic heterocycles. The third kappa shape index (κ3) is 1.85. The first kappa shape index (κ1) is 12.7. The van der Waals surface area contributed by atoms with Gasteiger partial charge in [-0.15, -0.1) is 0 Å². The molecule has 1 unspecified atom stereocenters. The van der Waals surface area contributed by atoms with Crippen molar-refractivity contribution in [1.82, 2.24) is 9.97 Å². The second-order valence-electron chi connectivity index (χ2n) is 4.52. The molecule has 1 aliphatic rings.